The summed E-state index contributed by atoms with van der Waals surface area (Å²) in [6, 6.07) is 27.7. The molecule has 0 spiro atoms. The standard InChI is InChI=1S/C26H21N5O2/c32-25-23(20-14-8-3-9-15-20)31(17-16-27-25)26(33)24-28-21(18-10-4-1-5-11-18)22(29-30-24)19-12-6-2-7-13-19/h1-15,23H,16-17H2,(H,27,32)/t23-/m0/s1. The molecule has 4 aromatic rings. The van der Waals surface area contributed by atoms with E-state index in [1.54, 1.807) is 0 Å². The zero-order valence-corrected chi connectivity index (χ0v) is 17.8. The molecule has 0 aliphatic carbocycles. The quantitative estimate of drug-likeness (QED) is 0.530. The molecule has 7 heteroatoms. The SMILES string of the molecule is O=C1NCCN(C(=O)c2nnc(-c3ccccc3)c(-c3ccccc3)n2)[C@H]1c1ccccc1. The minimum absolute atomic E-state index is 0.0378. The van der Waals surface area contributed by atoms with Gasteiger partial charge >= 0.3 is 0 Å². The van der Waals surface area contributed by atoms with Crippen LogP contribution in [0.15, 0.2) is 91.0 Å². The Morgan fingerprint density at radius 3 is 2.00 bits per heavy atom. The number of hydrogen-bond donors (Lipinski definition) is 1. The molecule has 162 valence electrons. The average molecular weight is 435 g/mol. The number of amides is 2. The maximum absolute atomic E-state index is 13.5. The predicted molar refractivity (Wildman–Crippen MR) is 124 cm³/mol. The first-order valence-electron chi connectivity index (χ1n) is 10.7. The fraction of sp³-hybridized carbons (Fsp3) is 0.115. The highest BCUT2D eigenvalue weighted by Crippen LogP contribution is 2.29. The van der Waals surface area contributed by atoms with E-state index in [2.05, 4.69) is 20.5 Å². The van der Waals surface area contributed by atoms with Crippen molar-refractivity contribution in [2.24, 2.45) is 0 Å². The van der Waals surface area contributed by atoms with Crippen LogP contribution in [0.1, 0.15) is 22.2 Å². The first-order valence-corrected chi connectivity index (χ1v) is 10.7. The van der Waals surface area contributed by atoms with Gasteiger partial charge in [-0.2, -0.15) is 0 Å². The Morgan fingerprint density at radius 2 is 1.36 bits per heavy atom. The van der Waals surface area contributed by atoms with Gasteiger partial charge in [-0.1, -0.05) is 91.0 Å². The molecule has 0 bridgehead atoms. The summed E-state index contributed by atoms with van der Waals surface area (Å²) in [5, 5.41) is 11.4. The second-order valence-corrected chi connectivity index (χ2v) is 7.67. The lowest BCUT2D eigenvalue weighted by atomic mass is 10.0. The van der Waals surface area contributed by atoms with Crippen molar-refractivity contribution in [3.8, 4) is 22.5 Å². The van der Waals surface area contributed by atoms with E-state index in [0.29, 0.717) is 24.5 Å². The molecule has 2 heterocycles. The summed E-state index contributed by atoms with van der Waals surface area (Å²) in [5.74, 6) is -0.690. The van der Waals surface area contributed by atoms with Gasteiger partial charge in [-0.05, 0) is 5.56 Å². The number of hydrogen-bond acceptors (Lipinski definition) is 5. The number of carbonyl (C=O) groups is 2. The Labute approximate surface area is 191 Å². The fourth-order valence-corrected chi connectivity index (χ4v) is 3.99. The summed E-state index contributed by atoms with van der Waals surface area (Å²) >= 11 is 0. The normalized spacial score (nSPS) is 15.7. The molecule has 1 aromatic heterocycles. The highest BCUT2D eigenvalue weighted by Gasteiger charge is 2.36. The summed E-state index contributed by atoms with van der Waals surface area (Å²) in [6.45, 7) is 0.726. The lowest BCUT2D eigenvalue weighted by Gasteiger charge is -2.34. The number of rotatable bonds is 4. The summed E-state index contributed by atoms with van der Waals surface area (Å²) in [5.41, 5.74) is 3.58. The van der Waals surface area contributed by atoms with Crippen molar-refractivity contribution in [3.63, 3.8) is 0 Å². The van der Waals surface area contributed by atoms with Crippen LogP contribution in [0.3, 0.4) is 0 Å². The van der Waals surface area contributed by atoms with Crippen molar-refractivity contribution < 1.29 is 9.59 Å². The zero-order chi connectivity index (χ0) is 22.6. The van der Waals surface area contributed by atoms with Gasteiger partial charge in [-0.3, -0.25) is 9.59 Å². The van der Waals surface area contributed by atoms with Crippen molar-refractivity contribution in [1.82, 2.24) is 25.4 Å². The minimum Gasteiger partial charge on any atom is -0.352 e. The monoisotopic (exact) mass is 435 g/mol. The van der Waals surface area contributed by atoms with E-state index in [1.807, 2.05) is 91.0 Å². The lowest BCUT2D eigenvalue weighted by Crippen LogP contribution is -2.52. The Bertz CT molecular complexity index is 1280. The Balaban J connectivity index is 1.58. The van der Waals surface area contributed by atoms with Gasteiger partial charge in [0.25, 0.3) is 5.91 Å². The molecular weight excluding hydrogens is 414 g/mol. The Morgan fingerprint density at radius 1 is 0.788 bits per heavy atom. The largest absolute Gasteiger partial charge is 0.352 e. The van der Waals surface area contributed by atoms with Crippen LogP contribution in [-0.2, 0) is 4.79 Å². The molecule has 1 aliphatic rings. The summed E-state index contributed by atoms with van der Waals surface area (Å²) < 4.78 is 0. The molecule has 0 radical (unpaired) electrons. The minimum atomic E-state index is -0.745. The van der Waals surface area contributed by atoms with Gasteiger partial charge in [0.1, 0.15) is 17.4 Å². The molecule has 1 fully saturated rings. The first-order chi connectivity index (χ1) is 16.2. The summed E-state index contributed by atoms with van der Waals surface area (Å²) in [7, 11) is 0. The van der Waals surface area contributed by atoms with Crippen molar-refractivity contribution in [1.29, 1.82) is 0 Å². The molecule has 3 aromatic carbocycles. The zero-order valence-electron chi connectivity index (χ0n) is 17.8. The van der Waals surface area contributed by atoms with E-state index < -0.39 is 11.9 Å². The molecule has 2 amide bonds. The van der Waals surface area contributed by atoms with Crippen LogP contribution in [0, 0.1) is 0 Å². The van der Waals surface area contributed by atoms with Gasteiger partial charge in [0, 0.05) is 24.2 Å². The van der Waals surface area contributed by atoms with Crippen molar-refractivity contribution in [2.75, 3.05) is 13.1 Å². The number of nitrogens with zero attached hydrogens (tertiary/aromatic N) is 4. The van der Waals surface area contributed by atoms with E-state index in [0.717, 1.165) is 16.7 Å². The van der Waals surface area contributed by atoms with Gasteiger partial charge in [-0.25, -0.2) is 4.98 Å². The van der Waals surface area contributed by atoms with E-state index >= 15 is 0 Å². The third-order valence-electron chi connectivity index (χ3n) is 5.56. The Kier molecular flexibility index (Phi) is 5.59. The number of carbonyl (C=O) groups excluding carboxylic acids is 2. The highest BCUT2D eigenvalue weighted by atomic mass is 16.2. The Hall–Kier alpha value is -4.39. The van der Waals surface area contributed by atoms with E-state index in [-0.39, 0.29) is 11.7 Å². The van der Waals surface area contributed by atoms with E-state index in [4.69, 9.17) is 0 Å². The van der Waals surface area contributed by atoms with E-state index in [9.17, 15) is 9.59 Å². The van der Waals surface area contributed by atoms with Crippen LogP contribution in [-0.4, -0.2) is 45.0 Å². The van der Waals surface area contributed by atoms with Crippen LogP contribution in [0.5, 0.6) is 0 Å². The smallest absolute Gasteiger partial charge is 0.294 e. The first kappa shape index (κ1) is 20.5. The molecule has 1 saturated heterocycles. The van der Waals surface area contributed by atoms with E-state index in [1.165, 1.54) is 4.90 Å². The molecule has 7 nitrogen and oxygen atoms in total. The highest BCUT2D eigenvalue weighted by molar-refractivity contribution is 5.96. The maximum atomic E-state index is 13.5. The van der Waals surface area contributed by atoms with Crippen LogP contribution in [0.2, 0.25) is 0 Å². The number of aromatic nitrogens is 3. The molecule has 33 heavy (non-hydrogen) atoms. The van der Waals surface area contributed by atoms with Gasteiger partial charge in [-0.15, -0.1) is 10.2 Å². The van der Waals surface area contributed by atoms with Crippen LogP contribution in [0.4, 0.5) is 0 Å². The average Bonchev–Trinajstić information content (AvgIpc) is 2.89. The van der Waals surface area contributed by atoms with Crippen molar-refractivity contribution in [2.45, 2.75) is 6.04 Å². The number of nitrogens with one attached hydrogen (secondary N) is 1. The number of piperazine rings is 1. The van der Waals surface area contributed by atoms with Gasteiger partial charge < -0.3 is 10.2 Å². The second kappa shape index (κ2) is 9.00. The van der Waals surface area contributed by atoms with Crippen molar-refractivity contribution in [3.05, 3.63) is 102 Å². The predicted octanol–water partition coefficient (Wildman–Crippen LogP) is 3.52. The summed E-state index contributed by atoms with van der Waals surface area (Å²) in [4.78, 5) is 32.4. The molecule has 5 rings (SSSR count). The molecule has 1 N–H and O–H groups in total. The maximum Gasteiger partial charge on any atom is 0.294 e. The fourth-order valence-electron chi connectivity index (χ4n) is 3.99. The number of benzene rings is 3. The van der Waals surface area contributed by atoms with Crippen LogP contribution in [0.25, 0.3) is 22.5 Å². The molecule has 1 atom stereocenters. The van der Waals surface area contributed by atoms with Gasteiger partial charge in [0.05, 0.1) is 0 Å². The third-order valence-corrected chi connectivity index (χ3v) is 5.56. The third kappa shape index (κ3) is 4.08. The second-order valence-electron chi connectivity index (χ2n) is 7.67. The van der Waals surface area contributed by atoms with Crippen LogP contribution >= 0.6 is 0 Å². The van der Waals surface area contributed by atoms with Crippen molar-refractivity contribution >= 4 is 11.8 Å². The molecule has 1 aliphatic heterocycles. The van der Waals surface area contributed by atoms with Gasteiger partial charge in [0.15, 0.2) is 0 Å². The molecule has 0 saturated carbocycles. The topological polar surface area (TPSA) is 88.1 Å². The molecule has 0 unspecified atom stereocenters. The summed E-state index contributed by atoms with van der Waals surface area (Å²) in [6.07, 6.45) is 0. The lowest BCUT2D eigenvalue weighted by molar-refractivity contribution is -0.128. The van der Waals surface area contributed by atoms with Gasteiger partial charge in [0.2, 0.25) is 11.7 Å². The molecular formula is C26H21N5O2. The van der Waals surface area contributed by atoms with Crippen LogP contribution < -0.4 is 5.32 Å².